The molecule has 1 fully saturated rings. The Bertz CT molecular complexity index is 553. The lowest BCUT2D eigenvalue weighted by Crippen LogP contribution is -2.44. The van der Waals surface area contributed by atoms with Crippen molar-refractivity contribution in [3.63, 3.8) is 0 Å². The van der Waals surface area contributed by atoms with Crippen LogP contribution in [0.3, 0.4) is 0 Å². The minimum Gasteiger partial charge on any atom is -0.339 e. The predicted octanol–water partition coefficient (Wildman–Crippen LogP) is 2.22. The topological polar surface area (TPSA) is 63.8 Å². The largest absolute Gasteiger partial charge is 0.339 e. The molecule has 94 valence electrons. The van der Waals surface area contributed by atoms with Crippen LogP contribution in [0.5, 0.6) is 0 Å². The van der Waals surface area contributed by atoms with Crippen LogP contribution in [0.2, 0.25) is 0 Å². The van der Waals surface area contributed by atoms with Gasteiger partial charge in [-0.1, -0.05) is 12.1 Å². The van der Waals surface area contributed by atoms with Crippen molar-refractivity contribution in [2.75, 3.05) is 13.1 Å². The molecule has 2 aromatic rings. The van der Waals surface area contributed by atoms with E-state index < -0.39 is 0 Å². The van der Waals surface area contributed by atoms with Crippen LogP contribution in [-0.2, 0) is 0 Å². The zero-order valence-electron chi connectivity index (χ0n) is 9.93. The minimum absolute atomic E-state index is 0.299. The van der Waals surface area contributed by atoms with Gasteiger partial charge in [0.15, 0.2) is 0 Å². The van der Waals surface area contributed by atoms with Crippen molar-refractivity contribution in [2.45, 2.75) is 12.8 Å². The standard InChI is InChI=1S/C12H13BrN4O/c1-7(9-4-14-5-9)12-16-11(17-18-12)8-2-10(13)6-15-3-8/h2-3,6-7,9,14H,4-5H2,1H3. The van der Waals surface area contributed by atoms with Crippen molar-refractivity contribution in [3.8, 4) is 11.4 Å². The van der Waals surface area contributed by atoms with Crippen LogP contribution in [-0.4, -0.2) is 28.2 Å². The molecule has 1 atom stereocenters. The van der Waals surface area contributed by atoms with Gasteiger partial charge in [0.05, 0.1) is 0 Å². The summed E-state index contributed by atoms with van der Waals surface area (Å²) in [6, 6.07) is 1.93. The third-order valence-electron chi connectivity index (χ3n) is 3.31. The third kappa shape index (κ3) is 2.18. The van der Waals surface area contributed by atoms with E-state index in [1.807, 2.05) is 6.07 Å². The van der Waals surface area contributed by atoms with Crippen LogP contribution >= 0.6 is 15.9 Å². The Hall–Kier alpha value is -1.27. The molecule has 18 heavy (non-hydrogen) atoms. The maximum absolute atomic E-state index is 5.35. The number of nitrogens with one attached hydrogen (secondary N) is 1. The first kappa shape index (κ1) is 11.8. The molecular weight excluding hydrogens is 296 g/mol. The molecular formula is C12H13BrN4O. The Morgan fingerprint density at radius 1 is 1.44 bits per heavy atom. The molecule has 1 unspecified atom stereocenters. The number of hydrogen-bond acceptors (Lipinski definition) is 5. The van der Waals surface area contributed by atoms with Crippen molar-refractivity contribution in [1.29, 1.82) is 0 Å². The van der Waals surface area contributed by atoms with Crippen molar-refractivity contribution in [1.82, 2.24) is 20.4 Å². The van der Waals surface area contributed by atoms with Crippen LogP contribution in [0.1, 0.15) is 18.7 Å². The molecule has 0 amide bonds. The van der Waals surface area contributed by atoms with Gasteiger partial charge in [0.1, 0.15) is 0 Å². The van der Waals surface area contributed by atoms with Crippen molar-refractivity contribution < 1.29 is 4.52 Å². The quantitative estimate of drug-likeness (QED) is 0.942. The molecule has 3 rings (SSSR count). The van der Waals surface area contributed by atoms with Crippen LogP contribution < -0.4 is 5.32 Å². The van der Waals surface area contributed by atoms with Crippen LogP contribution in [0.15, 0.2) is 27.5 Å². The molecule has 1 aliphatic rings. The van der Waals surface area contributed by atoms with Crippen molar-refractivity contribution >= 4 is 15.9 Å². The number of pyridine rings is 1. The molecule has 0 radical (unpaired) electrons. The Balaban J connectivity index is 1.84. The highest BCUT2D eigenvalue weighted by atomic mass is 79.9. The Morgan fingerprint density at radius 3 is 2.94 bits per heavy atom. The number of rotatable bonds is 3. The summed E-state index contributed by atoms with van der Waals surface area (Å²) in [5, 5.41) is 7.27. The van der Waals surface area contributed by atoms with Gasteiger partial charge in [0.2, 0.25) is 11.7 Å². The van der Waals surface area contributed by atoms with E-state index in [-0.39, 0.29) is 0 Å². The molecule has 5 nitrogen and oxygen atoms in total. The molecule has 1 aliphatic heterocycles. The van der Waals surface area contributed by atoms with Gasteiger partial charge in [-0.05, 0) is 41.0 Å². The zero-order chi connectivity index (χ0) is 12.5. The van der Waals surface area contributed by atoms with E-state index in [1.165, 1.54) is 0 Å². The molecule has 0 bridgehead atoms. The van der Waals surface area contributed by atoms with Gasteiger partial charge in [-0.15, -0.1) is 0 Å². The molecule has 2 aromatic heterocycles. The van der Waals surface area contributed by atoms with Crippen LogP contribution in [0.25, 0.3) is 11.4 Å². The minimum atomic E-state index is 0.299. The first-order valence-electron chi connectivity index (χ1n) is 5.89. The summed E-state index contributed by atoms with van der Waals surface area (Å²) in [7, 11) is 0. The van der Waals surface area contributed by atoms with Gasteiger partial charge in [0, 0.05) is 28.3 Å². The van der Waals surface area contributed by atoms with Gasteiger partial charge in [-0.2, -0.15) is 4.98 Å². The average Bonchev–Trinajstić information content (AvgIpc) is 2.75. The normalized spacial score (nSPS) is 17.4. The molecule has 3 heterocycles. The number of nitrogens with zero attached hydrogens (tertiary/aromatic N) is 3. The number of halogens is 1. The molecule has 0 spiro atoms. The van der Waals surface area contributed by atoms with Crippen LogP contribution in [0.4, 0.5) is 0 Å². The fourth-order valence-corrected chi connectivity index (χ4v) is 2.30. The first-order chi connectivity index (χ1) is 8.74. The Labute approximate surface area is 113 Å². The highest BCUT2D eigenvalue weighted by molar-refractivity contribution is 9.10. The molecule has 6 heteroatoms. The van der Waals surface area contributed by atoms with Crippen molar-refractivity contribution in [3.05, 3.63) is 28.8 Å². The second-order valence-electron chi connectivity index (χ2n) is 4.56. The molecule has 0 aromatic carbocycles. The van der Waals surface area contributed by atoms with E-state index in [2.05, 4.69) is 43.3 Å². The lowest BCUT2D eigenvalue weighted by Gasteiger charge is -2.30. The lowest BCUT2D eigenvalue weighted by atomic mass is 9.89. The highest BCUT2D eigenvalue weighted by Crippen LogP contribution is 2.27. The third-order valence-corrected chi connectivity index (χ3v) is 3.75. The monoisotopic (exact) mass is 308 g/mol. The molecule has 1 N–H and O–H groups in total. The van der Waals surface area contributed by atoms with E-state index in [0.29, 0.717) is 23.6 Å². The van der Waals surface area contributed by atoms with Gasteiger partial charge in [-0.3, -0.25) is 4.98 Å². The maximum Gasteiger partial charge on any atom is 0.230 e. The maximum atomic E-state index is 5.35. The SMILES string of the molecule is CC(c1nc(-c2cncc(Br)c2)no1)C1CNC1. The van der Waals surface area contributed by atoms with Crippen molar-refractivity contribution in [2.24, 2.45) is 5.92 Å². The van der Waals surface area contributed by atoms with Gasteiger partial charge in [-0.25, -0.2) is 0 Å². The summed E-state index contributed by atoms with van der Waals surface area (Å²) < 4.78 is 6.25. The van der Waals surface area contributed by atoms with E-state index in [9.17, 15) is 0 Å². The van der Waals surface area contributed by atoms with E-state index >= 15 is 0 Å². The summed E-state index contributed by atoms with van der Waals surface area (Å²) in [6.45, 7) is 4.18. The summed E-state index contributed by atoms with van der Waals surface area (Å²) in [5.41, 5.74) is 0.860. The highest BCUT2D eigenvalue weighted by Gasteiger charge is 2.28. The summed E-state index contributed by atoms with van der Waals surface area (Å²) in [5.74, 6) is 2.20. The fraction of sp³-hybridized carbons (Fsp3) is 0.417. The smallest absolute Gasteiger partial charge is 0.230 e. The van der Waals surface area contributed by atoms with Gasteiger partial charge >= 0.3 is 0 Å². The first-order valence-corrected chi connectivity index (χ1v) is 6.68. The average molecular weight is 309 g/mol. The lowest BCUT2D eigenvalue weighted by molar-refractivity contribution is 0.252. The number of aromatic nitrogens is 3. The zero-order valence-corrected chi connectivity index (χ0v) is 11.5. The molecule has 1 saturated heterocycles. The second-order valence-corrected chi connectivity index (χ2v) is 5.47. The van der Waals surface area contributed by atoms with Crippen LogP contribution in [0, 0.1) is 5.92 Å². The fourth-order valence-electron chi connectivity index (χ4n) is 1.94. The van der Waals surface area contributed by atoms with Gasteiger partial charge < -0.3 is 9.84 Å². The molecule has 0 aliphatic carbocycles. The van der Waals surface area contributed by atoms with E-state index in [1.54, 1.807) is 12.4 Å². The predicted molar refractivity (Wildman–Crippen MR) is 70.0 cm³/mol. The second kappa shape index (κ2) is 4.78. The van der Waals surface area contributed by atoms with E-state index in [0.717, 1.165) is 23.1 Å². The van der Waals surface area contributed by atoms with Gasteiger partial charge in [0.25, 0.3) is 0 Å². The van der Waals surface area contributed by atoms with E-state index in [4.69, 9.17) is 4.52 Å². The molecule has 0 saturated carbocycles. The summed E-state index contributed by atoms with van der Waals surface area (Å²) in [6.07, 6.45) is 3.46. The Kier molecular flexibility index (Phi) is 3.13. The summed E-state index contributed by atoms with van der Waals surface area (Å²) in [4.78, 5) is 8.56. The number of hydrogen-bond donors (Lipinski definition) is 1. The Morgan fingerprint density at radius 2 is 2.28 bits per heavy atom. The summed E-state index contributed by atoms with van der Waals surface area (Å²) >= 11 is 3.38.